The monoisotopic (exact) mass is 324 g/mol. The van der Waals surface area contributed by atoms with Gasteiger partial charge in [0.15, 0.2) is 0 Å². The Labute approximate surface area is 137 Å². The smallest absolute Gasteiger partial charge is 0.242 e. The molecule has 0 spiro atoms. The van der Waals surface area contributed by atoms with Gasteiger partial charge >= 0.3 is 0 Å². The molecular formula is C17H25ClN2O2. The minimum Gasteiger partial charge on any atom is -0.354 e. The van der Waals surface area contributed by atoms with Crippen molar-refractivity contribution in [2.45, 2.75) is 52.6 Å². The van der Waals surface area contributed by atoms with Crippen LogP contribution in [0.5, 0.6) is 0 Å². The van der Waals surface area contributed by atoms with Crippen molar-refractivity contribution in [2.75, 3.05) is 6.54 Å². The predicted octanol–water partition coefficient (Wildman–Crippen LogP) is 3.38. The van der Waals surface area contributed by atoms with Crippen LogP contribution in [0.25, 0.3) is 0 Å². The number of benzene rings is 1. The SMILES string of the molecule is CCCNC(=O)[C@H](C)N(Cc1cccc(Cl)c1)C(=O)CCC. The first kappa shape index (κ1) is 18.5. The lowest BCUT2D eigenvalue weighted by molar-refractivity contribution is -0.140. The van der Waals surface area contributed by atoms with Crippen LogP contribution >= 0.6 is 11.6 Å². The van der Waals surface area contributed by atoms with Crippen molar-refractivity contribution in [1.82, 2.24) is 10.2 Å². The Hall–Kier alpha value is -1.55. The molecule has 1 aromatic carbocycles. The molecule has 0 radical (unpaired) electrons. The minimum absolute atomic E-state index is 0.0124. The van der Waals surface area contributed by atoms with Gasteiger partial charge in [0.25, 0.3) is 0 Å². The molecule has 1 atom stereocenters. The second-order valence-electron chi connectivity index (χ2n) is 5.37. The third-order valence-corrected chi connectivity index (χ3v) is 3.66. The number of rotatable bonds is 8. The Morgan fingerprint density at radius 2 is 2.00 bits per heavy atom. The molecule has 22 heavy (non-hydrogen) atoms. The summed E-state index contributed by atoms with van der Waals surface area (Å²) in [6.07, 6.45) is 2.07. The molecule has 0 saturated heterocycles. The number of amides is 2. The average molecular weight is 325 g/mol. The highest BCUT2D eigenvalue weighted by Gasteiger charge is 2.25. The number of nitrogens with zero attached hydrogens (tertiary/aromatic N) is 1. The van der Waals surface area contributed by atoms with Gasteiger partial charge in [-0.15, -0.1) is 0 Å². The molecule has 0 aliphatic carbocycles. The van der Waals surface area contributed by atoms with E-state index in [1.54, 1.807) is 17.9 Å². The number of carbonyl (C=O) groups excluding carboxylic acids is 2. The first-order valence-corrected chi connectivity index (χ1v) is 8.19. The van der Waals surface area contributed by atoms with Crippen LogP contribution in [0.2, 0.25) is 5.02 Å². The van der Waals surface area contributed by atoms with Crippen molar-refractivity contribution in [1.29, 1.82) is 0 Å². The molecule has 0 aliphatic heterocycles. The normalized spacial score (nSPS) is 11.8. The molecule has 0 bridgehead atoms. The van der Waals surface area contributed by atoms with Gasteiger partial charge in [-0.2, -0.15) is 0 Å². The standard InChI is InChI=1S/C17H25ClN2O2/c1-4-7-16(21)20(13(3)17(22)19-10-5-2)12-14-8-6-9-15(18)11-14/h6,8-9,11,13H,4-5,7,10,12H2,1-3H3,(H,19,22)/t13-/m0/s1. The molecule has 4 nitrogen and oxygen atoms in total. The highest BCUT2D eigenvalue weighted by atomic mass is 35.5. The largest absolute Gasteiger partial charge is 0.354 e. The van der Waals surface area contributed by atoms with Gasteiger partial charge in [0.05, 0.1) is 0 Å². The Balaban J connectivity index is 2.87. The van der Waals surface area contributed by atoms with Crippen LogP contribution < -0.4 is 5.32 Å². The summed E-state index contributed by atoms with van der Waals surface area (Å²) < 4.78 is 0. The molecule has 0 heterocycles. The van der Waals surface area contributed by atoms with Crippen molar-refractivity contribution < 1.29 is 9.59 Å². The second-order valence-corrected chi connectivity index (χ2v) is 5.80. The minimum atomic E-state index is -0.496. The summed E-state index contributed by atoms with van der Waals surface area (Å²) in [5, 5.41) is 3.48. The van der Waals surface area contributed by atoms with Gasteiger partial charge in [0.1, 0.15) is 6.04 Å². The van der Waals surface area contributed by atoms with Gasteiger partial charge < -0.3 is 10.2 Å². The average Bonchev–Trinajstić information content (AvgIpc) is 2.49. The molecule has 0 fully saturated rings. The Morgan fingerprint density at radius 3 is 2.59 bits per heavy atom. The Bertz CT molecular complexity index is 505. The van der Waals surface area contributed by atoms with E-state index < -0.39 is 6.04 Å². The van der Waals surface area contributed by atoms with Crippen molar-refractivity contribution in [3.63, 3.8) is 0 Å². The van der Waals surface area contributed by atoms with E-state index in [4.69, 9.17) is 11.6 Å². The van der Waals surface area contributed by atoms with E-state index in [1.165, 1.54) is 0 Å². The van der Waals surface area contributed by atoms with E-state index >= 15 is 0 Å². The fraction of sp³-hybridized carbons (Fsp3) is 0.529. The zero-order valence-electron chi connectivity index (χ0n) is 13.6. The number of nitrogens with one attached hydrogen (secondary N) is 1. The van der Waals surface area contributed by atoms with Crippen molar-refractivity contribution >= 4 is 23.4 Å². The fourth-order valence-corrected chi connectivity index (χ4v) is 2.38. The first-order chi connectivity index (χ1) is 10.5. The van der Waals surface area contributed by atoms with Crippen LogP contribution in [0, 0.1) is 0 Å². The maximum Gasteiger partial charge on any atom is 0.242 e. The quantitative estimate of drug-likeness (QED) is 0.797. The van der Waals surface area contributed by atoms with Gasteiger partial charge in [-0.1, -0.05) is 37.6 Å². The summed E-state index contributed by atoms with van der Waals surface area (Å²) in [6, 6.07) is 6.88. The highest BCUT2D eigenvalue weighted by molar-refractivity contribution is 6.30. The lowest BCUT2D eigenvalue weighted by Gasteiger charge is -2.28. The molecule has 0 aliphatic rings. The van der Waals surface area contributed by atoms with Crippen LogP contribution in [0.4, 0.5) is 0 Å². The topological polar surface area (TPSA) is 49.4 Å². The van der Waals surface area contributed by atoms with Crippen LogP contribution in [0.1, 0.15) is 45.6 Å². The third-order valence-electron chi connectivity index (χ3n) is 3.42. The lowest BCUT2D eigenvalue weighted by atomic mass is 10.1. The molecule has 122 valence electrons. The fourth-order valence-electron chi connectivity index (χ4n) is 2.17. The van der Waals surface area contributed by atoms with Crippen molar-refractivity contribution in [3.8, 4) is 0 Å². The van der Waals surface area contributed by atoms with Gasteiger partial charge in [0, 0.05) is 24.5 Å². The zero-order valence-corrected chi connectivity index (χ0v) is 14.3. The summed E-state index contributed by atoms with van der Waals surface area (Å²) in [7, 11) is 0. The van der Waals surface area contributed by atoms with E-state index in [-0.39, 0.29) is 11.8 Å². The molecule has 1 rings (SSSR count). The van der Waals surface area contributed by atoms with Gasteiger partial charge in [-0.3, -0.25) is 9.59 Å². The molecule has 0 aromatic heterocycles. The summed E-state index contributed by atoms with van der Waals surface area (Å²) in [5.74, 6) is -0.130. The van der Waals surface area contributed by atoms with Crippen LogP contribution in [0.3, 0.4) is 0 Å². The van der Waals surface area contributed by atoms with Crippen LogP contribution in [-0.2, 0) is 16.1 Å². The molecule has 5 heteroatoms. The maximum absolute atomic E-state index is 12.4. The summed E-state index contributed by atoms with van der Waals surface area (Å²) in [5.41, 5.74) is 0.923. The number of hydrogen-bond donors (Lipinski definition) is 1. The third kappa shape index (κ3) is 5.68. The van der Waals surface area contributed by atoms with E-state index in [0.29, 0.717) is 24.5 Å². The first-order valence-electron chi connectivity index (χ1n) is 7.81. The zero-order chi connectivity index (χ0) is 16.5. The lowest BCUT2D eigenvalue weighted by Crippen LogP contribution is -2.47. The molecule has 0 saturated carbocycles. The van der Waals surface area contributed by atoms with E-state index in [0.717, 1.165) is 18.4 Å². The van der Waals surface area contributed by atoms with Gasteiger partial charge in [-0.25, -0.2) is 0 Å². The summed E-state index contributed by atoms with van der Waals surface area (Å²) >= 11 is 6.00. The maximum atomic E-state index is 12.4. The second kappa shape index (κ2) is 9.46. The molecule has 0 unspecified atom stereocenters. The Kier molecular flexibility index (Phi) is 7.96. The summed E-state index contributed by atoms with van der Waals surface area (Å²) in [6.45, 7) is 6.73. The summed E-state index contributed by atoms with van der Waals surface area (Å²) in [4.78, 5) is 26.2. The van der Waals surface area contributed by atoms with Crippen LogP contribution in [-0.4, -0.2) is 29.3 Å². The van der Waals surface area contributed by atoms with Crippen molar-refractivity contribution in [3.05, 3.63) is 34.9 Å². The highest BCUT2D eigenvalue weighted by Crippen LogP contribution is 2.15. The predicted molar refractivity (Wildman–Crippen MR) is 89.7 cm³/mol. The van der Waals surface area contributed by atoms with Gasteiger partial charge in [0.2, 0.25) is 11.8 Å². The number of hydrogen-bond acceptors (Lipinski definition) is 2. The van der Waals surface area contributed by atoms with Gasteiger partial charge in [-0.05, 0) is 37.5 Å². The number of halogens is 1. The molecule has 2 amide bonds. The molecule has 1 aromatic rings. The Morgan fingerprint density at radius 1 is 1.27 bits per heavy atom. The molecule has 1 N–H and O–H groups in total. The van der Waals surface area contributed by atoms with E-state index in [1.807, 2.05) is 32.0 Å². The number of carbonyl (C=O) groups is 2. The van der Waals surface area contributed by atoms with E-state index in [9.17, 15) is 9.59 Å². The van der Waals surface area contributed by atoms with Crippen molar-refractivity contribution in [2.24, 2.45) is 0 Å². The van der Waals surface area contributed by atoms with E-state index in [2.05, 4.69) is 5.32 Å². The molecular weight excluding hydrogens is 300 g/mol. The van der Waals surface area contributed by atoms with Crippen LogP contribution in [0.15, 0.2) is 24.3 Å².